The minimum absolute atomic E-state index is 0.00153. The van der Waals surface area contributed by atoms with Crippen LogP contribution in [0.4, 0.5) is 0 Å². The van der Waals surface area contributed by atoms with Crippen molar-refractivity contribution >= 4 is 15.9 Å². The SMILES string of the molecule is CNCc1cc(Br)ccc1OCC1CCC(C)(C)O1. The minimum atomic E-state index is 0.00153. The van der Waals surface area contributed by atoms with Crippen LogP contribution in [0.15, 0.2) is 22.7 Å². The summed E-state index contributed by atoms with van der Waals surface area (Å²) in [5.74, 6) is 0.936. The topological polar surface area (TPSA) is 30.5 Å². The fraction of sp³-hybridized carbons (Fsp3) is 0.600. The molecule has 4 heteroatoms. The summed E-state index contributed by atoms with van der Waals surface area (Å²) in [7, 11) is 1.94. The quantitative estimate of drug-likeness (QED) is 0.897. The Kier molecular flexibility index (Phi) is 4.87. The van der Waals surface area contributed by atoms with Crippen molar-refractivity contribution in [2.45, 2.75) is 44.9 Å². The van der Waals surface area contributed by atoms with E-state index in [9.17, 15) is 0 Å². The number of halogens is 1. The van der Waals surface area contributed by atoms with Crippen molar-refractivity contribution in [3.63, 3.8) is 0 Å². The van der Waals surface area contributed by atoms with E-state index in [0.29, 0.717) is 6.61 Å². The minimum Gasteiger partial charge on any atom is -0.491 e. The summed E-state index contributed by atoms with van der Waals surface area (Å²) in [5.41, 5.74) is 1.16. The fourth-order valence-corrected chi connectivity index (χ4v) is 2.80. The highest BCUT2D eigenvalue weighted by atomic mass is 79.9. The number of hydrogen-bond acceptors (Lipinski definition) is 3. The number of rotatable bonds is 5. The Morgan fingerprint density at radius 1 is 1.47 bits per heavy atom. The van der Waals surface area contributed by atoms with Gasteiger partial charge in [-0.15, -0.1) is 0 Å². The fourth-order valence-electron chi connectivity index (χ4n) is 2.40. The summed E-state index contributed by atoms with van der Waals surface area (Å²) in [4.78, 5) is 0. The summed E-state index contributed by atoms with van der Waals surface area (Å²) in [6.45, 7) is 5.70. The Balaban J connectivity index is 1.96. The van der Waals surface area contributed by atoms with E-state index in [4.69, 9.17) is 9.47 Å². The molecule has 1 saturated heterocycles. The van der Waals surface area contributed by atoms with E-state index in [2.05, 4.69) is 41.2 Å². The first-order valence-electron chi connectivity index (χ1n) is 6.74. The van der Waals surface area contributed by atoms with Crippen LogP contribution in [0.2, 0.25) is 0 Å². The molecule has 1 unspecified atom stereocenters. The van der Waals surface area contributed by atoms with Gasteiger partial charge >= 0.3 is 0 Å². The molecule has 0 saturated carbocycles. The van der Waals surface area contributed by atoms with Crippen LogP contribution in [0.1, 0.15) is 32.3 Å². The maximum absolute atomic E-state index is 5.94. The maximum atomic E-state index is 5.94. The predicted molar refractivity (Wildman–Crippen MR) is 80.6 cm³/mol. The van der Waals surface area contributed by atoms with Crippen molar-refractivity contribution in [3.05, 3.63) is 28.2 Å². The first-order valence-corrected chi connectivity index (χ1v) is 7.53. The van der Waals surface area contributed by atoms with Gasteiger partial charge in [-0.1, -0.05) is 15.9 Å². The first kappa shape index (κ1) is 14.8. The zero-order valence-electron chi connectivity index (χ0n) is 11.8. The third-order valence-corrected chi connectivity index (χ3v) is 3.86. The second kappa shape index (κ2) is 6.25. The van der Waals surface area contributed by atoms with Gasteiger partial charge in [-0.25, -0.2) is 0 Å². The van der Waals surface area contributed by atoms with E-state index in [1.807, 2.05) is 19.2 Å². The Bertz CT molecular complexity index is 434. The lowest BCUT2D eigenvalue weighted by Gasteiger charge is -2.20. The molecule has 1 aromatic rings. The third kappa shape index (κ3) is 4.20. The molecule has 0 amide bonds. The van der Waals surface area contributed by atoms with E-state index in [1.54, 1.807) is 0 Å². The van der Waals surface area contributed by atoms with Crippen molar-refractivity contribution in [2.24, 2.45) is 0 Å². The molecule has 0 radical (unpaired) electrons. The van der Waals surface area contributed by atoms with Gasteiger partial charge in [0.25, 0.3) is 0 Å². The van der Waals surface area contributed by atoms with Crippen molar-refractivity contribution in [1.82, 2.24) is 5.32 Å². The molecule has 106 valence electrons. The van der Waals surface area contributed by atoms with Crippen molar-refractivity contribution in [2.75, 3.05) is 13.7 Å². The summed E-state index contributed by atoms with van der Waals surface area (Å²) in [6.07, 6.45) is 2.39. The molecule has 1 fully saturated rings. The van der Waals surface area contributed by atoms with E-state index in [1.165, 1.54) is 0 Å². The van der Waals surface area contributed by atoms with Crippen LogP contribution in [0.3, 0.4) is 0 Å². The molecule has 0 aliphatic carbocycles. The van der Waals surface area contributed by atoms with Gasteiger partial charge in [0.15, 0.2) is 0 Å². The lowest BCUT2D eigenvalue weighted by molar-refractivity contribution is -0.0327. The number of nitrogens with one attached hydrogen (secondary N) is 1. The van der Waals surface area contributed by atoms with Crippen LogP contribution in [-0.4, -0.2) is 25.4 Å². The number of hydrogen-bond donors (Lipinski definition) is 1. The maximum Gasteiger partial charge on any atom is 0.124 e. The molecule has 1 aromatic carbocycles. The zero-order valence-corrected chi connectivity index (χ0v) is 13.4. The summed E-state index contributed by atoms with van der Waals surface area (Å²) >= 11 is 3.49. The molecule has 1 aliphatic rings. The Hall–Kier alpha value is -0.580. The largest absolute Gasteiger partial charge is 0.491 e. The number of benzene rings is 1. The molecule has 0 bridgehead atoms. The zero-order chi connectivity index (χ0) is 13.9. The highest BCUT2D eigenvalue weighted by molar-refractivity contribution is 9.10. The molecule has 1 atom stereocenters. The molecule has 3 nitrogen and oxygen atoms in total. The average molecular weight is 328 g/mol. The lowest BCUT2D eigenvalue weighted by Crippen LogP contribution is -2.24. The normalized spacial score (nSPS) is 21.6. The van der Waals surface area contributed by atoms with Gasteiger partial charge in [0.2, 0.25) is 0 Å². The molecule has 1 heterocycles. The molecule has 19 heavy (non-hydrogen) atoms. The number of ether oxygens (including phenoxy) is 2. The van der Waals surface area contributed by atoms with Gasteiger partial charge in [0.05, 0.1) is 11.7 Å². The van der Waals surface area contributed by atoms with Crippen LogP contribution < -0.4 is 10.1 Å². The van der Waals surface area contributed by atoms with Crippen LogP contribution in [0, 0.1) is 0 Å². The van der Waals surface area contributed by atoms with Crippen molar-refractivity contribution in [3.8, 4) is 5.75 Å². The first-order chi connectivity index (χ1) is 9.00. The van der Waals surface area contributed by atoms with Gasteiger partial charge in [-0.05, 0) is 51.9 Å². The van der Waals surface area contributed by atoms with Gasteiger partial charge in [0.1, 0.15) is 12.4 Å². The molecule has 1 N–H and O–H groups in total. The summed E-state index contributed by atoms with van der Waals surface area (Å²) in [5, 5.41) is 3.16. The van der Waals surface area contributed by atoms with Crippen LogP contribution in [0.5, 0.6) is 5.75 Å². The standard InChI is InChI=1S/C15H22BrNO2/c1-15(2)7-6-13(19-15)10-18-14-5-4-12(16)8-11(14)9-17-3/h4-5,8,13,17H,6-7,9-10H2,1-3H3. The molecular formula is C15H22BrNO2. The van der Waals surface area contributed by atoms with E-state index < -0.39 is 0 Å². The lowest BCUT2D eigenvalue weighted by atomic mass is 10.1. The Labute approximate surface area is 123 Å². The van der Waals surface area contributed by atoms with Crippen LogP contribution in [-0.2, 0) is 11.3 Å². The van der Waals surface area contributed by atoms with Crippen molar-refractivity contribution in [1.29, 1.82) is 0 Å². The molecular weight excluding hydrogens is 306 g/mol. The highest BCUT2D eigenvalue weighted by Crippen LogP contribution is 2.30. The van der Waals surface area contributed by atoms with Gasteiger partial charge < -0.3 is 14.8 Å². The molecule has 2 rings (SSSR count). The molecule has 0 aromatic heterocycles. The summed E-state index contributed by atoms with van der Waals surface area (Å²) < 4.78 is 13.0. The second-order valence-corrected chi connectivity index (χ2v) is 6.55. The van der Waals surface area contributed by atoms with Gasteiger partial charge in [0, 0.05) is 16.6 Å². The van der Waals surface area contributed by atoms with Gasteiger partial charge in [-0.2, -0.15) is 0 Å². The van der Waals surface area contributed by atoms with Crippen LogP contribution >= 0.6 is 15.9 Å². The monoisotopic (exact) mass is 327 g/mol. The van der Waals surface area contributed by atoms with Crippen LogP contribution in [0.25, 0.3) is 0 Å². The predicted octanol–water partition coefficient (Wildman–Crippen LogP) is 3.50. The Morgan fingerprint density at radius 3 is 2.89 bits per heavy atom. The molecule has 0 spiro atoms. The van der Waals surface area contributed by atoms with E-state index >= 15 is 0 Å². The molecule has 1 aliphatic heterocycles. The second-order valence-electron chi connectivity index (χ2n) is 5.63. The van der Waals surface area contributed by atoms with Crippen molar-refractivity contribution < 1.29 is 9.47 Å². The third-order valence-electron chi connectivity index (χ3n) is 3.37. The van der Waals surface area contributed by atoms with Gasteiger partial charge in [-0.3, -0.25) is 0 Å². The average Bonchev–Trinajstić information content (AvgIpc) is 2.68. The summed E-state index contributed by atoms with van der Waals surface area (Å²) in [6, 6.07) is 6.11. The Morgan fingerprint density at radius 2 is 2.26 bits per heavy atom. The smallest absolute Gasteiger partial charge is 0.124 e. The highest BCUT2D eigenvalue weighted by Gasteiger charge is 2.31. The van der Waals surface area contributed by atoms with E-state index in [0.717, 1.165) is 35.2 Å². The van der Waals surface area contributed by atoms with E-state index in [-0.39, 0.29) is 11.7 Å².